The van der Waals surface area contributed by atoms with Crippen LogP contribution in [0.3, 0.4) is 0 Å². The van der Waals surface area contributed by atoms with Gasteiger partial charge in [0.25, 0.3) is 5.91 Å². The molecule has 0 saturated heterocycles. The van der Waals surface area contributed by atoms with Crippen molar-refractivity contribution in [3.05, 3.63) is 64.7 Å². The molecule has 3 N–H and O–H groups in total. The van der Waals surface area contributed by atoms with Crippen LogP contribution in [0, 0.1) is 11.8 Å². The third-order valence-corrected chi connectivity index (χ3v) is 5.80. The van der Waals surface area contributed by atoms with Gasteiger partial charge in [-0.05, 0) is 81.1 Å². The second-order valence-electron chi connectivity index (χ2n) is 9.26. The Labute approximate surface area is 217 Å². The molecule has 0 spiro atoms. The van der Waals surface area contributed by atoms with Crippen LogP contribution in [-0.4, -0.2) is 43.3 Å². The molecule has 0 aromatic heterocycles. The smallest absolute Gasteiger partial charge is 0.352 e. The molecule has 9 heteroatoms. The van der Waals surface area contributed by atoms with Gasteiger partial charge >= 0.3 is 11.9 Å². The molecule has 0 aliphatic carbocycles. The highest BCUT2D eigenvalue weighted by Gasteiger charge is 2.32. The van der Waals surface area contributed by atoms with E-state index in [9.17, 15) is 14.4 Å². The predicted octanol–water partition coefficient (Wildman–Crippen LogP) is 4.13. The zero-order valence-corrected chi connectivity index (χ0v) is 22.0. The number of carbonyl (C=O) groups is 3. The maximum absolute atomic E-state index is 12.4. The molecule has 0 bridgehead atoms. The molecule has 0 saturated carbocycles. The normalized spacial score (nSPS) is 12.8. The fourth-order valence-corrected chi connectivity index (χ4v) is 3.46. The summed E-state index contributed by atoms with van der Waals surface area (Å²) in [6, 6.07) is 13.9. The average Bonchev–Trinajstić information content (AvgIpc) is 2.84. The Morgan fingerprint density at radius 1 is 1.00 bits per heavy atom. The number of ether oxygens (including phenoxy) is 3. The minimum absolute atomic E-state index is 0.169. The molecule has 2 aromatic rings. The summed E-state index contributed by atoms with van der Waals surface area (Å²) in [5, 5.41) is 3.44. The summed E-state index contributed by atoms with van der Waals surface area (Å²) in [4.78, 5) is 36.7. The molecule has 2 unspecified atom stereocenters. The van der Waals surface area contributed by atoms with Crippen molar-refractivity contribution in [2.24, 2.45) is 17.6 Å². The number of hydrogen-bond acceptors (Lipinski definition) is 7. The van der Waals surface area contributed by atoms with E-state index in [-0.39, 0.29) is 17.7 Å². The lowest BCUT2D eigenvalue weighted by Crippen LogP contribution is -2.40. The van der Waals surface area contributed by atoms with Crippen molar-refractivity contribution in [2.75, 3.05) is 19.9 Å². The van der Waals surface area contributed by atoms with Crippen molar-refractivity contribution in [1.82, 2.24) is 5.32 Å². The van der Waals surface area contributed by atoms with Crippen LogP contribution in [0.2, 0.25) is 5.02 Å². The van der Waals surface area contributed by atoms with E-state index in [2.05, 4.69) is 5.32 Å². The van der Waals surface area contributed by atoms with E-state index in [0.717, 1.165) is 5.56 Å². The second-order valence-corrected chi connectivity index (χ2v) is 9.70. The lowest BCUT2D eigenvalue weighted by atomic mass is 9.98. The fourth-order valence-electron chi connectivity index (χ4n) is 3.34. The zero-order valence-electron chi connectivity index (χ0n) is 21.2. The molecule has 196 valence electrons. The van der Waals surface area contributed by atoms with Crippen LogP contribution < -0.4 is 15.8 Å². The third kappa shape index (κ3) is 9.51. The number of halogens is 1. The van der Waals surface area contributed by atoms with Crippen LogP contribution in [0.25, 0.3) is 0 Å². The lowest BCUT2D eigenvalue weighted by Gasteiger charge is -2.24. The molecule has 2 aromatic carbocycles. The number of nitrogens with one attached hydrogen (secondary N) is 1. The van der Waals surface area contributed by atoms with Gasteiger partial charge in [0.1, 0.15) is 5.75 Å². The van der Waals surface area contributed by atoms with Gasteiger partial charge < -0.3 is 25.3 Å². The van der Waals surface area contributed by atoms with Crippen LogP contribution in [-0.2, 0) is 25.5 Å². The maximum Gasteiger partial charge on any atom is 0.352 e. The van der Waals surface area contributed by atoms with Crippen molar-refractivity contribution in [3.63, 3.8) is 0 Å². The van der Waals surface area contributed by atoms with E-state index in [0.29, 0.717) is 42.3 Å². The second kappa shape index (κ2) is 13.8. The van der Waals surface area contributed by atoms with Gasteiger partial charge in [-0.1, -0.05) is 37.6 Å². The van der Waals surface area contributed by atoms with Gasteiger partial charge in [-0.2, -0.15) is 0 Å². The molecule has 0 aliphatic rings. The van der Waals surface area contributed by atoms with Crippen molar-refractivity contribution < 1.29 is 28.6 Å². The number of nitrogens with two attached hydrogens (primary N) is 1. The van der Waals surface area contributed by atoms with E-state index >= 15 is 0 Å². The largest absolute Gasteiger partial charge is 0.476 e. The summed E-state index contributed by atoms with van der Waals surface area (Å²) in [5.41, 5.74) is 5.82. The predicted molar refractivity (Wildman–Crippen MR) is 138 cm³/mol. The summed E-state index contributed by atoms with van der Waals surface area (Å²) in [6.07, 6.45) is 1.22. The third-order valence-electron chi connectivity index (χ3n) is 5.55. The molecular formula is C27H35ClN2O6. The molecule has 36 heavy (non-hydrogen) atoms. The van der Waals surface area contributed by atoms with Crippen LogP contribution >= 0.6 is 11.6 Å². The maximum atomic E-state index is 12.4. The highest BCUT2D eigenvalue weighted by atomic mass is 35.5. The monoisotopic (exact) mass is 518 g/mol. The first kappa shape index (κ1) is 29.1. The molecule has 2 atom stereocenters. The summed E-state index contributed by atoms with van der Waals surface area (Å²) >= 11 is 5.84. The summed E-state index contributed by atoms with van der Waals surface area (Å²) < 4.78 is 15.9. The number of esters is 2. The van der Waals surface area contributed by atoms with Gasteiger partial charge in [0.05, 0.1) is 5.92 Å². The highest BCUT2D eigenvalue weighted by molar-refractivity contribution is 6.30. The first-order chi connectivity index (χ1) is 17.0. The number of hydrogen-bond donors (Lipinski definition) is 2. The quantitative estimate of drug-likeness (QED) is 0.302. The minimum atomic E-state index is -1.29. The fraction of sp³-hybridized carbons (Fsp3) is 0.444. The molecule has 2 rings (SSSR count). The molecular weight excluding hydrogens is 484 g/mol. The van der Waals surface area contributed by atoms with Gasteiger partial charge in [-0.25, -0.2) is 4.79 Å². The Kier molecular flexibility index (Phi) is 11.2. The zero-order chi connectivity index (χ0) is 26.7. The Balaban J connectivity index is 1.76. The van der Waals surface area contributed by atoms with Crippen LogP contribution in [0.5, 0.6) is 5.75 Å². The van der Waals surface area contributed by atoms with Crippen LogP contribution in [0.4, 0.5) is 0 Å². The topological polar surface area (TPSA) is 117 Å². The first-order valence-electron chi connectivity index (χ1n) is 11.9. The highest BCUT2D eigenvalue weighted by Crippen LogP contribution is 2.21. The summed E-state index contributed by atoms with van der Waals surface area (Å²) in [6.45, 7) is 7.32. The van der Waals surface area contributed by atoms with E-state index in [1.54, 1.807) is 57.2 Å². The molecule has 1 amide bonds. The lowest BCUT2D eigenvalue weighted by molar-refractivity contribution is -0.179. The number of amides is 1. The Morgan fingerprint density at radius 2 is 1.64 bits per heavy atom. The molecule has 8 nitrogen and oxygen atoms in total. The van der Waals surface area contributed by atoms with Gasteiger partial charge in [0.2, 0.25) is 6.79 Å². The Bertz CT molecular complexity index is 1010. The van der Waals surface area contributed by atoms with Crippen molar-refractivity contribution >= 4 is 29.4 Å². The standard InChI is InChI=1S/C27H35ClN2O6/c1-18(16-29)15-19(2)25(32)34-17-35-26(33)27(3,4)36-23-11-5-20(6-12-23)13-14-30-24(31)21-7-9-22(28)10-8-21/h5-12,18-19H,13-17,29H2,1-4H3,(H,30,31). The Morgan fingerprint density at radius 3 is 2.25 bits per heavy atom. The Hall–Kier alpha value is -3.10. The molecule has 0 fully saturated rings. The number of rotatable bonds is 13. The first-order valence-corrected chi connectivity index (χ1v) is 12.2. The van der Waals surface area contributed by atoms with E-state index < -0.39 is 24.3 Å². The number of carbonyl (C=O) groups excluding carboxylic acids is 3. The van der Waals surface area contributed by atoms with Gasteiger partial charge in [0, 0.05) is 17.1 Å². The SMILES string of the molecule is CC(CN)CC(C)C(=O)OCOC(=O)C(C)(C)Oc1ccc(CCNC(=O)c2ccc(Cl)cc2)cc1. The minimum Gasteiger partial charge on any atom is -0.476 e. The van der Waals surface area contributed by atoms with E-state index in [4.69, 9.17) is 31.5 Å². The van der Waals surface area contributed by atoms with E-state index in [1.807, 2.05) is 19.1 Å². The van der Waals surface area contributed by atoms with Crippen LogP contribution in [0.15, 0.2) is 48.5 Å². The summed E-state index contributed by atoms with van der Waals surface area (Å²) in [5.74, 6) is -0.934. The summed E-state index contributed by atoms with van der Waals surface area (Å²) in [7, 11) is 0. The molecule has 0 radical (unpaired) electrons. The number of benzene rings is 2. The van der Waals surface area contributed by atoms with Crippen molar-refractivity contribution in [2.45, 2.75) is 46.1 Å². The van der Waals surface area contributed by atoms with Gasteiger partial charge in [-0.3, -0.25) is 9.59 Å². The van der Waals surface area contributed by atoms with Crippen LogP contribution in [0.1, 0.15) is 50.0 Å². The average molecular weight is 519 g/mol. The van der Waals surface area contributed by atoms with Crippen molar-refractivity contribution in [1.29, 1.82) is 0 Å². The molecule has 0 aliphatic heterocycles. The van der Waals surface area contributed by atoms with Gasteiger partial charge in [-0.15, -0.1) is 0 Å². The molecule has 0 heterocycles. The van der Waals surface area contributed by atoms with Gasteiger partial charge in [0.15, 0.2) is 5.60 Å². The van der Waals surface area contributed by atoms with E-state index in [1.165, 1.54) is 0 Å². The van der Waals surface area contributed by atoms with Crippen molar-refractivity contribution in [3.8, 4) is 5.75 Å².